The van der Waals surface area contributed by atoms with E-state index in [1.807, 2.05) is 34.0 Å². The van der Waals surface area contributed by atoms with Gasteiger partial charge in [0.15, 0.2) is 0 Å². The Balaban J connectivity index is 1.52. The molecular formula is C15H16BN3O3. The molecule has 0 spiro atoms. The average molecular weight is 297 g/mol. The molecule has 1 N–H and O–H groups in total. The molecule has 1 atom stereocenters. The van der Waals surface area contributed by atoms with Crippen molar-refractivity contribution in [1.29, 1.82) is 0 Å². The molecule has 1 fully saturated rings. The highest BCUT2D eigenvalue weighted by Crippen LogP contribution is 2.22. The maximum absolute atomic E-state index is 12.6. The molecule has 0 bridgehead atoms. The molecule has 112 valence electrons. The van der Waals surface area contributed by atoms with E-state index in [2.05, 4.69) is 5.10 Å². The lowest BCUT2D eigenvalue weighted by molar-refractivity contribution is 0.0787. The van der Waals surface area contributed by atoms with E-state index in [9.17, 15) is 9.82 Å². The van der Waals surface area contributed by atoms with Crippen LogP contribution >= 0.6 is 0 Å². The SMILES string of the molecule is O=C(c1ccc2c(c1)B(O)OC2)N1CCC(n2cccn2)C1. The number of amides is 1. The minimum absolute atomic E-state index is 0.00319. The summed E-state index contributed by atoms with van der Waals surface area (Å²) >= 11 is 0. The number of hydrogen-bond acceptors (Lipinski definition) is 4. The molecule has 3 heterocycles. The van der Waals surface area contributed by atoms with Crippen LogP contribution in [0, 0.1) is 0 Å². The second kappa shape index (κ2) is 5.26. The number of likely N-dealkylation sites (tertiary alicyclic amines) is 1. The topological polar surface area (TPSA) is 67.6 Å². The monoisotopic (exact) mass is 297 g/mol. The summed E-state index contributed by atoms with van der Waals surface area (Å²) in [6.07, 6.45) is 4.60. The van der Waals surface area contributed by atoms with Gasteiger partial charge in [-0.3, -0.25) is 9.48 Å². The molecule has 6 nitrogen and oxygen atoms in total. The molecule has 2 aliphatic rings. The minimum atomic E-state index is -0.918. The van der Waals surface area contributed by atoms with Gasteiger partial charge in [-0.05, 0) is 35.6 Å². The van der Waals surface area contributed by atoms with Crippen molar-refractivity contribution in [3.63, 3.8) is 0 Å². The van der Waals surface area contributed by atoms with Crippen LogP contribution in [-0.4, -0.2) is 45.8 Å². The van der Waals surface area contributed by atoms with Gasteiger partial charge in [-0.15, -0.1) is 0 Å². The van der Waals surface area contributed by atoms with Gasteiger partial charge in [-0.1, -0.05) is 6.07 Å². The fourth-order valence-electron chi connectivity index (χ4n) is 3.17. The second-order valence-corrected chi connectivity index (χ2v) is 5.76. The largest absolute Gasteiger partial charge is 0.491 e. The van der Waals surface area contributed by atoms with E-state index in [1.54, 1.807) is 12.3 Å². The molecule has 1 unspecified atom stereocenters. The Morgan fingerprint density at radius 1 is 1.45 bits per heavy atom. The first kappa shape index (κ1) is 13.5. The molecular weight excluding hydrogens is 281 g/mol. The number of aromatic nitrogens is 2. The standard InChI is InChI=1S/C15H16BN3O3/c20-15(11-2-3-12-10-22-16(21)14(12)8-11)18-7-4-13(9-18)19-6-1-5-17-19/h1-3,5-6,8,13,21H,4,7,9-10H2. The molecule has 0 saturated carbocycles. The second-order valence-electron chi connectivity index (χ2n) is 5.76. The summed E-state index contributed by atoms with van der Waals surface area (Å²) in [6.45, 7) is 1.78. The fourth-order valence-corrected chi connectivity index (χ4v) is 3.17. The summed E-state index contributed by atoms with van der Waals surface area (Å²) in [4.78, 5) is 14.5. The zero-order chi connectivity index (χ0) is 15.1. The lowest BCUT2D eigenvalue weighted by Crippen LogP contribution is -2.32. The van der Waals surface area contributed by atoms with E-state index in [4.69, 9.17) is 4.65 Å². The van der Waals surface area contributed by atoms with Gasteiger partial charge in [0.1, 0.15) is 0 Å². The van der Waals surface area contributed by atoms with Crippen molar-refractivity contribution >= 4 is 18.5 Å². The van der Waals surface area contributed by atoms with E-state index in [0.29, 0.717) is 24.2 Å². The Bertz CT molecular complexity index is 704. The Morgan fingerprint density at radius 3 is 3.18 bits per heavy atom. The first-order valence-corrected chi connectivity index (χ1v) is 7.43. The lowest BCUT2D eigenvalue weighted by atomic mass is 9.78. The van der Waals surface area contributed by atoms with Crippen molar-refractivity contribution in [2.45, 2.75) is 19.1 Å². The van der Waals surface area contributed by atoms with Crippen molar-refractivity contribution in [2.24, 2.45) is 0 Å². The summed E-state index contributed by atoms with van der Waals surface area (Å²) in [5.41, 5.74) is 2.25. The highest BCUT2D eigenvalue weighted by Gasteiger charge is 2.31. The molecule has 4 rings (SSSR count). The molecule has 1 aromatic carbocycles. The van der Waals surface area contributed by atoms with Crippen molar-refractivity contribution in [2.75, 3.05) is 13.1 Å². The molecule has 1 amide bonds. The number of rotatable bonds is 2. The molecule has 1 saturated heterocycles. The van der Waals surface area contributed by atoms with Crippen LogP contribution < -0.4 is 5.46 Å². The van der Waals surface area contributed by atoms with Gasteiger partial charge in [-0.2, -0.15) is 5.10 Å². The quantitative estimate of drug-likeness (QED) is 0.804. The third kappa shape index (κ3) is 2.22. The summed E-state index contributed by atoms with van der Waals surface area (Å²) in [5, 5.41) is 14.0. The highest BCUT2D eigenvalue weighted by molar-refractivity contribution is 6.61. The van der Waals surface area contributed by atoms with Gasteiger partial charge in [-0.25, -0.2) is 0 Å². The Hall–Kier alpha value is -2.12. The van der Waals surface area contributed by atoms with Crippen LogP contribution in [0.1, 0.15) is 28.4 Å². The van der Waals surface area contributed by atoms with Gasteiger partial charge in [0.25, 0.3) is 5.91 Å². The smallest absolute Gasteiger partial charge is 0.423 e. The van der Waals surface area contributed by atoms with Crippen LogP contribution in [0.4, 0.5) is 0 Å². The third-order valence-electron chi connectivity index (χ3n) is 4.41. The number of carbonyl (C=O) groups is 1. The summed E-state index contributed by atoms with van der Waals surface area (Å²) in [6, 6.07) is 7.55. The van der Waals surface area contributed by atoms with Gasteiger partial charge in [0, 0.05) is 31.0 Å². The number of benzene rings is 1. The van der Waals surface area contributed by atoms with Crippen LogP contribution in [0.15, 0.2) is 36.7 Å². The number of fused-ring (bicyclic) bond motifs is 1. The van der Waals surface area contributed by atoms with Crippen molar-refractivity contribution in [3.05, 3.63) is 47.8 Å². The molecule has 0 aliphatic carbocycles. The third-order valence-corrected chi connectivity index (χ3v) is 4.41. The molecule has 22 heavy (non-hydrogen) atoms. The fraction of sp³-hybridized carbons (Fsp3) is 0.333. The zero-order valence-corrected chi connectivity index (χ0v) is 12.1. The normalized spacial score (nSPS) is 20.5. The van der Waals surface area contributed by atoms with E-state index < -0.39 is 7.12 Å². The predicted molar refractivity (Wildman–Crippen MR) is 80.6 cm³/mol. The lowest BCUT2D eigenvalue weighted by Gasteiger charge is -2.17. The Labute approximate surface area is 128 Å². The van der Waals surface area contributed by atoms with Gasteiger partial charge in [0.05, 0.1) is 12.6 Å². The molecule has 1 aromatic heterocycles. The minimum Gasteiger partial charge on any atom is -0.423 e. The molecule has 2 aromatic rings. The first-order valence-electron chi connectivity index (χ1n) is 7.43. The Morgan fingerprint density at radius 2 is 2.36 bits per heavy atom. The molecule has 0 radical (unpaired) electrons. The molecule has 2 aliphatic heterocycles. The number of hydrogen-bond donors (Lipinski definition) is 1. The summed E-state index contributed by atoms with van der Waals surface area (Å²) in [7, 11) is -0.918. The van der Waals surface area contributed by atoms with Crippen molar-refractivity contribution < 1.29 is 14.5 Å². The van der Waals surface area contributed by atoms with Crippen LogP contribution in [0.2, 0.25) is 0 Å². The van der Waals surface area contributed by atoms with Gasteiger partial charge >= 0.3 is 7.12 Å². The van der Waals surface area contributed by atoms with E-state index in [1.165, 1.54) is 0 Å². The summed E-state index contributed by atoms with van der Waals surface area (Å²) < 4.78 is 7.08. The predicted octanol–water partition coefficient (Wildman–Crippen LogP) is 0.188. The summed E-state index contributed by atoms with van der Waals surface area (Å²) in [5.74, 6) is -0.00319. The maximum Gasteiger partial charge on any atom is 0.491 e. The van der Waals surface area contributed by atoms with E-state index in [-0.39, 0.29) is 11.9 Å². The average Bonchev–Trinajstić information content (AvgIpc) is 3.27. The number of carbonyl (C=O) groups excluding carboxylic acids is 1. The molecule has 7 heteroatoms. The van der Waals surface area contributed by atoms with Crippen LogP contribution in [0.3, 0.4) is 0 Å². The number of nitrogens with zero attached hydrogens (tertiary/aromatic N) is 3. The van der Waals surface area contributed by atoms with Gasteiger partial charge < -0.3 is 14.6 Å². The highest BCUT2D eigenvalue weighted by atomic mass is 16.5. The first-order chi connectivity index (χ1) is 10.7. The Kier molecular flexibility index (Phi) is 3.24. The van der Waals surface area contributed by atoms with Crippen molar-refractivity contribution in [3.8, 4) is 0 Å². The zero-order valence-electron chi connectivity index (χ0n) is 12.1. The maximum atomic E-state index is 12.6. The van der Waals surface area contributed by atoms with Crippen LogP contribution in [0.25, 0.3) is 0 Å². The van der Waals surface area contributed by atoms with Crippen molar-refractivity contribution in [1.82, 2.24) is 14.7 Å². The van der Waals surface area contributed by atoms with Crippen LogP contribution in [-0.2, 0) is 11.3 Å². The van der Waals surface area contributed by atoms with E-state index in [0.717, 1.165) is 18.5 Å². The van der Waals surface area contributed by atoms with Crippen LogP contribution in [0.5, 0.6) is 0 Å². The van der Waals surface area contributed by atoms with E-state index >= 15 is 0 Å². The van der Waals surface area contributed by atoms with Gasteiger partial charge in [0.2, 0.25) is 0 Å².